The van der Waals surface area contributed by atoms with Crippen LogP contribution in [0.2, 0.25) is 0 Å². The minimum absolute atomic E-state index is 0.0411. The number of rotatable bonds is 5. The zero-order chi connectivity index (χ0) is 14.4. The maximum atomic E-state index is 13.4. The highest BCUT2D eigenvalue weighted by Crippen LogP contribution is 2.07. The van der Waals surface area contributed by atoms with Gasteiger partial charge in [0.1, 0.15) is 5.82 Å². The van der Waals surface area contributed by atoms with E-state index in [9.17, 15) is 14.3 Å². The summed E-state index contributed by atoms with van der Waals surface area (Å²) in [6, 6.07) is 6.20. The van der Waals surface area contributed by atoms with Gasteiger partial charge in [0.25, 0.3) is 0 Å². The Morgan fingerprint density at radius 1 is 1.50 bits per heavy atom. The third-order valence-corrected chi connectivity index (χ3v) is 3.34. The average Bonchev–Trinajstić information content (AvgIpc) is 2.47. The first-order valence-electron chi connectivity index (χ1n) is 6.63. The molecule has 0 aliphatic carbocycles. The second-order valence-corrected chi connectivity index (χ2v) is 4.75. The normalized spacial score (nSPS) is 19.8. The molecule has 110 valence electrons. The summed E-state index contributed by atoms with van der Waals surface area (Å²) in [6.45, 7) is 1.90. The third-order valence-electron chi connectivity index (χ3n) is 3.34. The number of hydrogen-bond donors (Lipinski definition) is 2. The van der Waals surface area contributed by atoms with E-state index in [0.717, 1.165) is 0 Å². The smallest absolute Gasteiger partial charge is 0.234 e. The summed E-state index contributed by atoms with van der Waals surface area (Å²) < 4.78 is 18.7. The molecule has 1 aromatic carbocycles. The molecule has 1 amide bonds. The molecule has 20 heavy (non-hydrogen) atoms. The Hall–Kier alpha value is -1.50. The van der Waals surface area contributed by atoms with Crippen molar-refractivity contribution in [1.82, 2.24) is 10.2 Å². The minimum Gasteiger partial charge on any atom is -0.395 e. The Bertz CT molecular complexity index is 456. The Balaban J connectivity index is 1.82. The number of nitrogens with zero attached hydrogens (tertiary/aromatic N) is 1. The Kier molecular flexibility index (Phi) is 5.46. The number of nitrogens with one attached hydrogen (secondary N) is 1. The number of carbonyl (C=O) groups is 1. The zero-order valence-electron chi connectivity index (χ0n) is 11.2. The van der Waals surface area contributed by atoms with Crippen LogP contribution in [0.1, 0.15) is 5.56 Å². The van der Waals surface area contributed by atoms with Crippen LogP contribution in [0.5, 0.6) is 0 Å². The summed E-state index contributed by atoms with van der Waals surface area (Å²) in [5.74, 6) is -0.513. The van der Waals surface area contributed by atoms with Crippen molar-refractivity contribution in [2.24, 2.45) is 0 Å². The van der Waals surface area contributed by atoms with Crippen molar-refractivity contribution in [2.45, 2.75) is 12.6 Å². The van der Waals surface area contributed by atoms with Crippen molar-refractivity contribution in [3.63, 3.8) is 0 Å². The molecular formula is C14H19FN2O3. The standard InChI is InChI=1S/C14H19FN2O3/c15-13-4-2-1-3-11(13)7-16-14(19)8-17-5-6-20-10-12(17)9-18/h1-4,12,18H,5-10H2,(H,16,19). The third kappa shape index (κ3) is 4.00. The molecule has 0 bridgehead atoms. The lowest BCUT2D eigenvalue weighted by Crippen LogP contribution is -2.51. The highest BCUT2D eigenvalue weighted by Gasteiger charge is 2.23. The quantitative estimate of drug-likeness (QED) is 0.806. The fourth-order valence-corrected chi connectivity index (χ4v) is 2.14. The fourth-order valence-electron chi connectivity index (χ4n) is 2.14. The van der Waals surface area contributed by atoms with Crippen LogP contribution in [0.15, 0.2) is 24.3 Å². The molecule has 0 spiro atoms. The number of aliphatic hydroxyl groups excluding tert-OH is 1. The minimum atomic E-state index is -0.326. The molecule has 1 aliphatic rings. The van der Waals surface area contributed by atoms with Crippen LogP contribution < -0.4 is 5.32 Å². The first-order valence-corrected chi connectivity index (χ1v) is 6.63. The lowest BCUT2D eigenvalue weighted by atomic mass is 10.2. The molecule has 2 rings (SSSR count). The molecule has 1 aromatic rings. The maximum Gasteiger partial charge on any atom is 0.234 e. The summed E-state index contributed by atoms with van der Waals surface area (Å²) in [5.41, 5.74) is 0.460. The molecule has 6 heteroatoms. The van der Waals surface area contributed by atoms with E-state index in [-0.39, 0.29) is 37.5 Å². The summed E-state index contributed by atoms with van der Waals surface area (Å²) in [5, 5.41) is 11.9. The van der Waals surface area contributed by atoms with Gasteiger partial charge in [-0.3, -0.25) is 9.69 Å². The van der Waals surface area contributed by atoms with Gasteiger partial charge in [-0.15, -0.1) is 0 Å². The first-order chi connectivity index (χ1) is 9.70. The SMILES string of the molecule is O=C(CN1CCOCC1CO)NCc1ccccc1F. The van der Waals surface area contributed by atoms with Gasteiger partial charge in [0, 0.05) is 18.7 Å². The van der Waals surface area contributed by atoms with Crippen LogP contribution in [0, 0.1) is 5.82 Å². The molecule has 0 saturated carbocycles. The van der Waals surface area contributed by atoms with Crippen molar-refractivity contribution < 1.29 is 19.0 Å². The van der Waals surface area contributed by atoms with Crippen molar-refractivity contribution in [1.29, 1.82) is 0 Å². The molecule has 1 fully saturated rings. The van der Waals surface area contributed by atoms with Crippen molar-refractivity contribution in [3.8, 4) is 0 Å². The number of aliphatic hydroxyl groups is 1. The number of carbonyl (C=O) groups excluding carboxylic acids is 1. The number of morpholine rings is 1. The highest BCUT2D eigenvalue weighted by molar-refractivity contribution is 5.78. The number of halogens is 1. The molecule has 1 aliphatic heterocycles. The van der Waals surface area contributed by atoms with E-state index in [2.05, 4.69) is 5.32 Å². The lowest BCUT2D eigenvalue weighted by molar-refractivity contribution is -0.125. The van der Waals surface area contributed by atoms with E-state index >= 15 is 0 Å². The van der Waals surface area contributed by atoms with Gasteiger partial charge in [-0.2, -0.15) is 0 Å². The monoisotopic (exact) mass is 282 g/mol. The molecule has 0 aromatic heterocycles. The Labute approximate surface area is 117 Å². The Morgan fingerprint density at radius 2 is 2.30 bits per heavy atom. The lowest BCUT2D eigenvalue weighted by Gasteiger charge is -2.33. The van der Waals surface area contributed by atoms with Crippen molar-refractivity contribution in [3.05, 3.63) is 35.6 Å². The van der Waals surface area contributed by atoms with Gasteiger partial charge in [-0.05, 0) is 6.07 Å². The Morgan fingerprint density at radius 3 is 3.05 bits per heavy atom. The fraction of sp³-hybridized carbons (Fsp3) is 0.500. The predicted molar refractivity (Wildman–Crippen MR) is 71.5 cm³/mol. The van der Waals surface area contributed by atoms with Gasteiger partial charge >= 0.3 is 0 Å². The summed E-state index contributed by atoms with van der Waals surface area (Å²) in [6.07, 6.45) is 0. The van der Waals surface area contributed by atoms with Gasteiger partial charge < -0.3 is 15.2 Å². The summed E-state index contributed by atoms with van der Waals surface area (Å²) >= 11 is 0. The highest BCUT2D eigenvalue weighted by atomic mass is 19.1. The van der Waals surface area contributed by atoms with E-state index < -0.39 is 0 Å². The number of benzene rings is 1. The maximum absolute atomic E-state index is 13.4. The van der Waals surface area contributed by atoms with Crippen LogP contribution in [0.4, 0.5) is 4.39 Å². The van der Waals surface area contributed by atoms with Crippen LogP contribution in [0.25, 0.3) is 0 Å². The van der Waals surface area contributed by atoms with Gasteiger partial charge in [0.2, 0.25) is 5.91 Å². The van der Waals surface area contributed by atoms with Crippen molar-refractivity contribution >= 4 is 5.91 Å². The molecule has 5 nitrogen and oxygen atoms in total. The average molecular weight is 282 g/mol. The van der Waals surface area contributed by atoms with E-state index in [0.29, 0.717) is 25.3 Å². The summed E-state index contributed by atoms with van der Waals surface area (Å²) in [7, 11) is 0. The number of hydrogen-bond acceptors (Lipinski definition) is 4. The number of amides is 1. The topological polar surface area (TPSA) is 61.8 Å². The molecule has 1 saturated heterocycles. The number of ether oxygens (including phenoxy) is 1. The van der Waals surface area contributed by atoms with Crippen LogP contribution in [-0.4, -0.2) is 54.9 Å². The second kappa shape index (κ2) is 7.33. The van der Waals surface area contributed by atoms with E-state index in [1.165, 1.54) is 6.07 Å². The van der Waals surface area contributed by atoms with Crippen LogP contribution in [0.3, 0.4) is 0 Å². The molecule has 1 unspecified atom stereocenters. The van der Waals surface area contributed by atoms with Gasteiger partial charge in [0.15, 0.2) is 0 Å². The van der Waals surface area contributed by atoms with E-state index in [4.69, 9.17) is 4.74 Å². The second-order valence-electron chi connectivity index (χ2n) is 4.75. The largest absolute Gasteiger partial charge is 0.395 e. The van der Waals surface area contributed by atoms with Gasteiger partial charge in [0.05, 0.1) is 32.4 Å². The summed E-state index contributed by atoms with van der Waals surface area (Å²) in [4.78, 5) is 13.7. The molecular weight excluding hydrogens is 263 g/mol. The zero-order valence-corrected chi connectivity index (χ0v) is 11.2. The van der Waals surface area contributed by atoms with E-state index in [1.54, 1.807) is 18.2 Å². The van der Waals surface area contributed by atoms with Crippen molar-refractivity contribution in [2.75, 3.05) is 32.9 Å². The first kappa shape index (κ1) is 14.9. The van der Waals surface area contributed by atoms with Gasteiger partial charge in [-0.25, -0.2) is 4.39 Å². The van der Waals surface area contributed by atoms with Gasteiger partial charge in [-0.1, -0.05) is 18.2 Å². The predicted octanol–water partition coefficient (Wildman–Crippen LogP) is 0.135. The van der Waals surface area contributed by atoms with Crippen LogP contribution >= 0.6 is 0 Å². The van der Waals surface area contributed by atoms with E-state index in [1.807, 2.05) is 4.90 Å². The molecule has 2 N–H and O–H groups in total. The molecule has 0 radical (unpaired) electrons. The van der Waals surface area contributed by atoms with Crippen LogP contribution in [-0.2, 0) is 16.1 Å². The molecule has 1 heterocycles. The molecule has 1 atom stereocenters.